The van der Waals surface area contributed by atoms with Crippen molar-refractivity contribution in [3.8, 4) is 5.75 Å². The molecule has 33 heavy (non-hydrogen) atoms. The van der Waals surface area contributed by atoms with Gasteiger partial charge in [-0.15, -0.1) is 0 Å². The van der Waals surface area contributed by atoms with Crippen molar-refractivity contribution < 1.29 is 32.3 Å². The lowest BCUT2D eigenvalue weighted by Gasteiger charge is -2.20. The van der Waals surface area contributed by atoms with Crippen LogP contribution in [0.3, 0.4) is 0 Å². The first-order valence-electron chi connectivity index (χ1n) is 9.94. The summed E-state index contributed by atoms with van der Waals surface area (Å²) >= 11 is 0. The van der Waals surface area contributed by atoms with Crippen molar-refractivity contribution in [2.75, 3.05) is 23.4 Å². The van der Waals surface area contributed by atoms with Crippen LogP contribution in [0.1, 0.15) is 12.5 Å². The lowest BCUT2D eigenvalue weighted by atomic mass is 10.1. The SMILES string of the molecule is CCOc1ccc(N2C(=O)[C@@H]3N=NN(CC(=O)Nc4cccc(C(F)(F)F)c4)[C@H]3C2=O)cc1. The second-order valence-electron chi connectivity index (χ2n) is 7.26. The van der Waals surface area contributed by atoms with Crippen LogP contribution in [-0.4, -0.2) is 48.0 Å². The summed E-state index contributed by atoms with van der Waals surface area (Å²) in [5.41, 5.74) is -0.650. The molecule has 2 aliphatic rings. The number of imide groups is 1. The second kappa shape index (κ2) is 8.52. The van der Waals surface area contributed by atoms with Gasteiger partial charge in [-0.25, -0.2) is 4.90 Å². The first kappa shape index (κ1) is 22.2. The maximum Gasteiger partial charge on any atom is 0.416 e. The summed E-state index contributed by atoms with van der Waals surface area (Å²) in [6.45, 7) is 1.81. The molecule has 3 amide bonds. The van der Waals surface area contributed by atoms with Crippen molar-refractivity contribution >= 4 is 29.1 Å². The number of fused-ring (bicyclic) bond motifs is 1. The fourth-order valence-corrected chi connectivity index (χ4v) is 3.59. The van der Waals surface area contributed by atoms with Crippen LogP contribution in [0.2, 0.25) is 0 Å². The lowest BCUT2D eigenvalue weighted by molar-refractivity contribution is -0.137. The van der Waals surface area contributed by atoms with E-state index in [1.165, 1.54) is 6.07 Å². The van der Waals surface area contributed by atoms with E-state index in [4.69, 9.17) is 4.74 Å². The first-order chi connectivity index (χ1) is 15.7. The number of ether oxygens (including phenoxy) is 1. The van der Waals surface area contributed by atoms with Gasteiger partial charge in [0.15, 0.2) is 12.1 Å². The highest BCUT2D eigenvalue weighted by Crippen LogP contribution is 2.33. The molecule has 0 radical (unpaired) electrons. The van der Waals surface area contributed by atoms with Crippen molar-refractivity contribution in [3.05, 3.63) is 54.1 Å². The summed E-state index contributed by atoms with van der Waals surface area (Å²) in [5, 5.41) is 11.0. The molecule has 0 aliphatic carbocycles. The average molecular weight is 461 g/mol. The summed E-state index contributed by atoms with van der Waals surface area (Å²) < 4.78 is 44.0. The summed E-state index contributed by atoms with van der Waals surface area (Å²) in [6, 6.07) is 8.29. The van der Waals surface area contributed by atoms with Crippen LogP contribution < -0.4 is 15.0 Å². The minimum atomic E-state index is -4.56. The number of hydrogen-bond acceptors (Lipinski definition) is 7. The summed E-state index contributed by atoms with van der Waals surface area (Å²) in [5.74, 6) is -1.33. The third-order valence-electron chi connectivity index (χ3n) is 5.04. The lowest BCUT2D eigenvalue weighted by Crippen LogP contribution is -2.43. The molecule has 9 nitrogen and oxygen atoms in total. The largest absolute Gasteiger partial charge is 0.494 e. The highest BCUT2D eigenvalue weighted by atomic mass is 19.4. The normalized spacial score (nSPS) is 19.8. The average Bonchev–Trinajstić information content (AvgIpc) is 3.28. The number of halogens is 3. The van der Waals surface area contributed by atoms with E-state index in [1.54, 1.807) is 24.3 Å². The molecule has 1 N–H and O–H groups in total. The van der Waals surface area contributed by atoms with E-state index in [-0.39, 0.29) is 5.69 Å². The van der Waals surface area contributed by atoms with Gasteiger partial charge in [-0.2, -0.15) is 18.3 Å². The topological polar surface area (TPSA) is 104 Å². The van der Waals surface area contributed by atoms with Crippen LogP contribution in [0.25, 0.3) is 0 Å². The van der Waals surface area contributed by atoms with E-state index in [0.29, 0.717) is 18.0 Å². The van der Waals surface area contributed by atoms with E-state index in [0.717, 1.165) is 28.1 Å². The quantitative estimate of drug-likeness (QED) is 0.666. The minimum absolute atomic E-state index is 0.0626. The molecule has 2 aliphatic heterocycles. The van der Waals surface area contributed by atoms with Gasteiger partial charge in [0.2, 0.25) is 5.91 Å². The number of anilines is 2. The minimum Gasteiger partial charge on any atom is -0.494 e. The Labute approximate surface area is 185 Å². The molecule has 0 unspecified atom stereocenters. The molecule has 0 spiro atoms. The van der Waals surface area contributed by atoms with Gasteiger partial charge in [-0.3, -0.25) is 19.4 Å². The van der Waals surface area contributed by atoms with E-state index < -0.39 is 48.1 Å². The molecular weight excluding hydrogens is 443 g/mol. The van der Waals surface area contributed by atoms with Gasteiger partial charge in [0, 0.05) is 5.69 Å². The van der Waals surface area contributed by atoms with Crippen molar-refractivity contribution in [1.29, 1.82) is 0 Å². The fraction of sp³-hybridized carbons (Fsp3) is 0.286. The third kappa shape index (κ3) is 4.36. The molecule has 2 aromatic carbocycles. The Kier molecular flexibility index (Phi) is 5.75. The number of rotatable bonds is 6. The van der Waals surface area contributed by atoms with Gasteiger partial charge in [0.05, 0.1) is 17.9 Å². The smallest absolute Gasteiger partial charge is 0.416 e. The van der Waals surface area contributed by atoms with Gasteiger partial charge in [-0.05, 0) is 49.4 Å². The number of nitrogens with zero attached hydrogens (tertiary/aromatic N) is 4. The van der Waals surface area contributed by atoms with E-state index in [9.17, 15) is 27.6 Å². The Morgan fingerprint density at radius 2 is 1.85 bits per heavy atom. The number of nitrogens with one attached hydrogen (secondary N) is 1. The van der Waals surface area contributed by atoms with E-state index in [2.05, 4.69) is 15.7 Å². The van der Waals surface area contributed by atoms with Crippen molar-refractivity contribution in [1.82, 2.24) is 5.01 Å². The number of benzene rings is 2. The van der Waals surface area contributed by atoms with Gasteiger partial charge >= 0.3 is 6.18 Å². The Morgan fingerprint density at radius 1 is 1.12 bits per heavy atom. The van der Waals surface area contributed by atoms with Crippen LogP contribution in [0.5, 0.6) is 5.75 Å². The van der Waals surface area contributed by atoms with E-state index in [1.807, 2.05) is 6.92 Å². The maximum atomic E-state index is 13.0. The zero-order valence-electron chi connectivity index (χ0n) is 17.2. The molecule has 2 atom stereocenters. The number of carbonyl (C=O) groups excluding carboxylic acids is 3. The number of hydrogen-bond donors (Lipinski definition) is 1. The van der Waals surface area contributed by atoms with Crippen molar-refractivity contribution in [2.45, 2.75) is 25.2 Å². The molecule has 2 heterocycles. The fourth-order valence-electron chi connectivity index (χ4n) is 3.59. The number of amides is 3. The molecule has 1 fully saturated rings. The van der Waals surface area contributed by atoms with Crippen LogP contribution in [-0.2, 0) is 20.6 Å². The Morgan fingerprint density at radius 3 is 2.52 bits per heavy atom. The van der Waals surface area contributed by atoms with Crippen LogP contribution in [0.4, 0.5) is 24.5 Å². The predicted molar refractivity (Wildman–Crippen MR) is 109 cm³/mol. The first-order valence-corrected chi connectivity index (χ1v) is 9.94. The monoisotopic (exact) mass is 461 g/mol. The van der Waals surface area contributed by atoms with Gasteiger partial charge in [0.1, 0.15) is 12.3 Å². The van der Waals surface area contributed by atoms with Crippen LogP contribution in [0, 0.1) is 0 Å². The summed E-state index contributed by atoms with van der Waals surface area (Å²) in [7, 11) is 0. The van der Waals surface area contributed by atoms with Gasteiger partial charge in [0.25, 0.3) is 11.8 Å². The third-order valence-corrected chi connectivity index (χ3v) is 5.04. The van der Waals surface area contributed by atoms with Gasteiger partial charge < -0.3 is 10.1 Å². The molecule has 4 rings (SSSR count). The molecule has 2 aromatic rings. The highest BCUT2D eigenvalue weighted by molar-refractivity contribution is 6.25. The summed E-state index contributed by atoms with van der Waals surface area (Å²) in [4.78, 5) is 39.1. The van der Waals surface area contributed by atoms with Gasteiger partial charge in [-0.1, -0.05) is 11.3 Å². The van der Waals surface area contributed by atoms with Crippen molar-refractivity contribution in [3.63, 3.8) is 0 Å². The van der Waals surface area contributed by atoms with Crippen LogP contribution >= 0.6 is 0 Å². The summed E-state index contributed by atoms with van der Waals surface area (Å²) in [6.07, 6.45) is -4.56. The number of carbonyl (C=O) groups is 3. The van der Waals surface area contributed by atoms with E-state index >= 15 is 0 Å². The van der Waals surface area contributed by atoms with Crippen LogP contribution in [0.15, 0.2) is 58.9 Å². The molecule has 12 heteroatoms. The zero-order chi connectivity index (χ0) is 23.8. The molecule has 0 saturated carbocycles. The number of alkyl halides is 3. The second-order valence-corrected chi connectivity index (χ2v) is 7.26. The predicted octanol–water partition coefficient (Wildman–Crippen LogP) is 3.04. The maximum absolute atomic E-state index is 13.0. The highest BCUT2D eigenvalue weighted by Gasteiger charge is 2.55. The Bertz CT molecular complexity index is 1120. The molecule has 1 saturated heterocycles. The molecule has 0 bridgehead atoms. The molecular formula is C21H18F3N5O4. The molecule has 172 valence electrons. The molecule has 0 aromatic heterocycles. The Balaban J connectivity index is 1.45. The zero-order valence-corrected chi connectivity index (χ0v) is 17.2. The van der Waals surface area contributed by atoms with Crippen molar-refractivity contribution in [2.24, 2.45) is 10.3 Å². The standard InChI is InChI=1S/C21H18F3N5O4/c1-2-33-15-8-6-14(7-9-15)29-19(31)17-18(20(29)32)28(27-26-17)11-16(30)25-13-5-3-4-12(10-13)21(22,23)24/h3-10,17-18H,2,11H2,1H3,(H,25,30)/t17-,18-/m1/s1. The Hall–Kier alpha value is -3.96.